The number of esters is 1. The smallest absolute Gasteiger partial charge is 0.357 e. The van der Waals surface area contributed by atoms with Crippen LogP contribution in [0.15, 0.2) is 12.2 Å². The third-order valence-electron chi connectivity index (χ3n) is 20.2. The van der Waals surface area contributed by atoms with E-state index in [1.54, 1.807) is 0 Å². The van der Waals surface area contributed by atoms with E-state index in [9.17, 15) is 61.3 Å². The van der Waals surface area contributed by atoms with Gasteiger partial charge >= 0.3 is 17.9 Å². The number of aliphatic hydroxyl groups excluding tert-OH is 10. The zero-order chi connectivity index (χ0) is 49.9. The van der Waals surface area contributed by atoms with E-state index >= 15 is 4.79 Å². The molecule has 19 nitrogen and oxygen atoms in total. The summed E-state index contributed by atoms with van der Waals surface area (Å²) in [6.07, 6.45) is -14.3. The Hall–Kier alpha value is -1.47. The van der Waals surface area contributed by atoms with Gasteiger partial charge in [0.1, 0.15) is 54.9 Å². The number of hydrogen-bond donors (Lipinski definition) is 12. The second kappa shape index (κ2) is 18.5. The summed E-state index contributed by atoms with van der Waals surface area (Å²) < 4.78 is 33.5. The summed E-state index contributed by atoms with van der Waals surface area (Å²) in [7, 11) is 0. The van der Waals surface area contributed by atoms with Crippen LogP contribution in [0.2, 0.25) is 0 Å². The second-order valence-corrected chi connectivity index (χ2v) is 23.3. The highest BCUT2D eigenvalue weighted by molar-refractivity contribution is 5.78. The van der Waals surface area contributed by atoms with Crippen molar-refractivity contribution in [1.82, 2.24) is 0 Å². The Kier molecular flexibility index (Phi) is 14.4. The van der Waals surface area contributed by atoms with Crippen molar-refractivity contribution in [3.8, 4) is 0 Å². The van der Waals surface area contributed by atoms with E-state index in [1.165, 1.54) is 6.92 Å². The van der Waals surface area contributed by atoms with Gasteiger partial charge in [-0.05, 0) is 129 Å². The van der Waals surface area contributed by atoms with Crippen molar-refractivity contribution < 1.29 is 94.5 Å². The molecule has 5 aliphatic carbocycles. The zero-order valence-corrected chi connectivity index (χ0v) is 40.4. The third-order valence-corrected chi connectivity index (χ3v) is 20.2. The van der Waals surface area contributed by atoms with Crippen molar-refractivity contribution in [2.24, 2.45) is 56.7 Å². The molecule has 5 saturated carbocycles. The number of carbonyl (C=O) groups excluding carboxylic acids is 1. The summed E-state index contributed by atoms with van der Waals surface area (Å²) in [5.41, 5.74) is -0.442. The topological polar surface area (TPSA) is 315 Å². The van der Waals surface area contributed by atoms with Gasteiger partial charge in [-0.3, -0.25) is 4.79 Å². The minimum absolute atomic E-state index is 0.0360. The zero-order valence-electron chi connectivity index (χ0n) is 40.4. The number of fused-ring (bicyclic) bond motifs is 7. The summed E-state index contributed by atoms with van der Waals surface area (Å²) in [5.74, 6) is -6.65. The molecule has 0 spiro atoms. The van der Waals surface area contributed by atoms with Gasteiger partial charge in [0, 0.05) is 6.61 Å². The monoisotopic (exact) mass is 973 g/mol. The molecule has 0 aromatic carbocycles. The summed E-state index contributed by atoms with van der Waals surface area (Å²) in [6.45, 7) is 15.7. The maximum absolute atomic E-state index is 15.1. The second-order valence-electron chi connectivity index (χ2n) is 23.3. The minimum Gasteiger partial charge on any atom is -0.405 e. The highest BCUT2D eigenvalue weighted by atomic mass is 16.9. The summed E-state index contributed by atoms with van der Waals surface area (Å²) in [5, 5.41) is 131. The average molecular weight is 973 g/mol. The third kappa shape index (κ3) is 7.90. The molecule has 0 aromatic heterocycles. The van der Waals surface area contributed by atoms with Crippen LogP contribution >= 0.6 is 0 Å². The molecule has 3 heterocycles. The summed E-state index contributed by atoms with van der Waals surface area (Å²) in [6, 6.07) is 0. The van der Waals surface area contributed by atoms with Gasteiger partial charge in [-0.25, -0.2) is 0 Å². The van der Waals surface area contributed by atoms with Crippen LogP contribution in [0.5, 0.6) is 0 Å². The molecule has 0 bridgehead atoms. The van der Waals surface area contributed by atoms with E-state index < -0.39 is 116 Å². The Balaban J connectivity index is 1.00. The molecule has 8 rings (SSSR count). The first-order valence-corrected chi connectivity index (χ1v) is 25.1. The first kappa shape index (κ1) is 52.8. The van der Waals surface area contributed by atoms with E-state index in [0.29, 0.717) is 43.9 Å². The van der Waals surface area contributed by atoms with Gasteiger partial charge in [0.2, 0.25) is 0 Å². The number of rotatable bonds is 11. The van der Waals surface area contributed by atoms with Crippen molar-refractivity contribution >= 4 is 5.97 Å². The summed E-state index contributed by atoms with van der Waals surface area (Å²) >= 11 is 0. The minimum atomic E-state index is -3.25. The lowest BCUT2D eigenvalue weighted by Gasteiger charge is -2.72. The van der Waals surface area contributed by atoms with Gasteiger partial charge < -0.3 is 89.7 Å². The quantitative estimate of drug-likeness (QED) is 0.0740. The SMILES string of the molecule is C=C(CC)C1CCC2(C(=O)OC3(O)OC(COC4(O)OC(CO)C(OC5OC(C)C(O)C(O)C5O)C(O)C4O)C(O)C(O)C3O)CCC3(C)C(CCC4C5(C)CCCC(C)(CO)C5CCC43C)C12. The number of allylic oxidation sites excluding steroid dienone is 1. The molecule has 8 aliphatic rings. The van der Waals surface area contributed by atoms with Crippen LogP contribution in [-0.2, 0) is 33.2 Å². The molecule has 25 unspecified atom stereocenters. The fourth-order valence-electron chi connectivity index (χ4n) is 16.1. The molecule has 8 fully saturated rings. The number of hydrogen-bond acceptors (Lipinski definition) is 19. The Morgan fingerprint density at radius 3 is 2.04 bits per heavy atom. The lowest BCUT2D eigenvalue weighted by Crippen LogP contribution is -2.70. The largest absolute Gasteiger partial charge is 0.405 e. The highest BCUT2D eigenvalue weighted by Crippen LogP contribution is 2.77. The molecule has 25 atom stereocenters. The van der Waals surface area contributed by atoms with Crippen molar-refractivity contribution in [3.63, 3.8) is 0 Å². The Morgan fingerprint density at radius 2 is 1.38 bits per heavy atom. The van der Waals surface area contributed by atoms with E-state index in [4.69, 9.17) is 28.4 Å². The maximum Gasteiger partial charge on any atom is 0.357 e. The van der Waals surface area contributed by atoms with Crippen molar-refractivity contribution in [1.29, 1.82) is 0 Å². The van der Waals surface area contributed by atoms with Crippen LogP contribution in [0.25, 0.3) is 0 Å². The molecule has 19 heteroatoms. The van der Waals surface area contributed by atoms with Gasteiger partial charge in [-0.2, -0.15) is 0 Å². The van der Waals surface area contributed by atoms with E-state index in [0.717, 1.165) is 50.5 Å². The molecular weight excluding hydrogens is 893 g/mol. The van der Waals surface area contributed by atoms with Gasteiger partial charge in [0.15, 0.2) is 18.5 Å². The normalized spacial score (nSPS) is 55.9. The Morgan fingerprint density at radius 1 is 0.706 bits per heavy atom. The molecule has 390 valence electrons. The van der Waals surface area contributed by atoms with Crippen LogP contribution in [0.4, 0.5) is 0 Å². The van der Waals surface area contributed by atoms with E-state index in [2.05, 4.69) is 41.2 Å². The fraction of sp³-hybridized carbons (Fsp3) is 0.939. The molecule has 0 radical (unpaired) electrons. The molecule has 3 saturated heterocycles. The molecule has 68 heavy (non-hydrogen) atoms. The maximum atomic E-state index is 15.1. The van der Waals surface area contributed by atoms with Gasteiger partial charge in [-0.1, -0.05) is 53.2 Å². The van der Waals surface area contributed by atoms with Crippen LogP contribution in [0, 0.1) is 56.7 Å². The van der Waals surface area contributed by atoms with Crippen LogP contribution in [0.3, 0.4) is 0 Å². The lowest BCUT2D eigenvalue weighted by molar-refractivity contribution is -0.474. The Bertz CT molecular complexity index is 1860. The number of ether oxygens (including phenoxy) is 6. The molecular formula is C49H80O19. The van der Waals surface area contributed by atoms with Crippen molar-refractivity contribution in [3.05, 3.63) is 12.2 Å². The lowest BCUT2D eigenvalue weighted by atomic mass is 9.32. The molecule has 0 aromatic rings. The first-order chi connectivity index (χ1) is 31.8. The number of aliphatic hydroxyl groups is 12. The first-order valence-electron chi connectivity index (χ1n) is 25.1. The predicted molar refractivity (Wildman–Crippen MR) is 236 cm³/mol. The van der Waals surface area contributed by atoms with Crippen molar-refractivity contribution in [2.75, 3.05) is 19.8 Å². The fourth-order valence-corrected chi connectivity index (χ4v) is 16.1. The molecule has 12 N–H and O–H groups in total. The van der Waals surface area contributed by atoms with Gasteiger partial charge in [0.05, 0.1) is 24.7 Å². The number of carbonyl (C=O) groups is 1. The van der Waals surface area contributed by atoms with Crippen LogP contribution in [0.1, 0.15) is 119 Å². The van der Waals surface area contributed by atoms with Gasteiger partial charge in [-0.15, -0.1) is 0 Å². The van der Waals surface area contributed by atoms with E-state index in [-0.39, 0.29) is 46.0 Å². The predicted octanol–water partition coefficient (Wildman–Crippen LogP) is 0.0557. The molecule has 0 amide bonds. The van der Waals surface area contributed by atoms with Crippen molar-refractivity contribution in [2.45, 2.75) is 210 Å². The molecule has 3 aliphatic heterocycles. The van der Waals surface area contributed by atoms with Crippen LogP contribution in [-0.4, -0.2) is 179 Å². The van der Waals surface area contributed by atoms with Crippen LogP contribution < -0.4 is 0 Å². The standard InChI is InChI=1S/C49H80O19/c1-8-23(2)25-12-17-47(19-18-45(6)26(31(25)47)10-11-30-44(5)15-9-14-43(4,22-51)29(44)13-16-46(30,45)7)42(60)68-49(62)39(58)35(55)33(53)28(67-49)21-63-48(61)40(59)37(57)38(27(20-50)66-48)65-41-36(56)34(54)32(52)24(3)64-41/h24-41,50-59,61-62H,2,8-22H2,1,3-7H3. The average Bonchev–Trinajstić information content (AvgIpc) is 3.71. The summed E-state index contributed by atoms with van der Waals surface area (Å²) in [4.78, 5) is 15.1. The van der Waals surface area contributed by atoms with E-state index in [1.807, 2.05) is 0 Å². The van der Waals surface area contributed by atoms with Gasteiger partial charge in [0.25, 0.3) is 0 Å². The Labute approximate surface area is 398 Å². The highest BCUT2D eigenvalue weighted by Gasteiger charge is 2.73.